The molecule has 18 heavy (non-hydrogen) atoms. The first-order valence-corrected chi connectivity index (χ1v) is 7.31. The molecule has 1 aliphatic rings. The van der Waals surface area contributed by atoms with Crippen LogP contribution >= 0.6 is 11.3 Å². The van der Waals surface area contributed by atoms with Crippen LogP contribution in [0.5, 0.6) is 0 Å². The summed E-state index contributed by atoms with van der Waals surface area (Å²) in [6, 6.07) is 9.00. The van der Waals surface area contributed by atoms with Gasteiger partial charge in [0.05, 0.1) is 6.04 Å². The van der Waals surface area contributed by atoms with Crippen molar-refractivity contribution in [3.05, 3.63) is 47.9 Å². The predicted octanol–water partition coefficient (Wildman–Crippen LogP) is 3.03. The van der Waals surface area contributed by atoms with E-state index in [-0.39, 0.29) is 0 Å². The number of hydrogen-bond acceptors (Lipinski definition) is 3. The Morgan fingerprint density at radius 1 is 1.28 bits per heavy atom. The van der Waals surface area contributed by atoms with E-state index in [1.54, 1.807) is 0 Å². The lowest BCUT2D eigenvalue weighted by atomic mass is 10.0. The van der Waals surface area contributed by atoms with Crippen LogP contribution in [0.2, 0.25) is 0 Å². The molecule has 0 aliphatic carbocycles. The topological polar surface area (TPSA) is 15.3 Å². The molecule has 2 aromatic rings. The Kier molecular flexibility index (Phi) is 3.46. The summed E-state index contributed by atoms with van der Waals surface area (Å²) in [7, 11) is 0. The molecule has 2 heterocycles. The summed E-state index contributed by atoms with van der Waals surface area (Å²) in [5, 5.41) is 7.07. The number of nitrogens with one attached hydrogen (secondary N) is 1. The first kappa shape index (κ1) is 11.9. The molecule has 3 rings (SSSR count). The zero-order valence-corrected chi connectivity index (χ0v) is 11.2. The number of thiophene rings is 1. The standard InChI is InChI=1S/C15H18N2S/c1-2-14(17-9-7-16-8-10-17)13-11-18-15-6-4-3-5-12(13)15/h2-6,11,14,16H,1,7-10H2/t14-/m1/s1. The van der Waals surface area contributed by atoms with E-state index < -0.39 is 0 Å². The maximum atomic E-state index is 4.04. The van der Waals surface area contributed by atoms with E-state index in [9.17, 15) is 0 Å². The fraction of sp³-hybridized carbons (Fsp3) is 0.333. The molecule has 2 nitrogen and oxygen atoms in total. The van der Waals surface area contributed by atoms with Crippen LogP contribution in [0.15, 0.2) is 42.3 Å². The van der Waals surface area contributed by atoms with Gasteiger partial charge in [-0.3, -0.25) is 4.90 Å². The van der Waals surface area contributed by atoms with E-state index in [0.717, 1.165) is 26.2 Å². The molecule has 1 saturated heterocycles. The third-order valence-corrected chi connectivity index (χ3v) is 4.58. The van der Waals surface area contributed by atoms with Gasteiger partial charge in [-0.2, -0.15) is 0 Å². The van der Waals surface area contributed by atoms with E-state index in [1.165, 1.54) is 15.6 Å². The molecule has 1 N–H and O–H groups in total. The second-order valence-electron chi connectivity index (χ2n) is 4.65. The Labute approximate surface area is 112 Å². The largest absolute Gasteiger partial charge is 0.314 e. The lowest BCUT2D eigenvalue weighted by Gasteiger charge is -2.33. The van der Waals surface area contributed by atoms with E-state index in [4.69, 9.17) is 0 Å². The third kappa shape index (κ3) is 2.09. The molecule has 94 valence electrons. The second-order valence-corrected chi connectivity index (χ2v) is 5.56. The Morgan fingerprint density at radius 2 is 2.06 bits per heavy atom. The zero-order valence-electron chi connectivity index (χ0n) is 10.4. The number of nitrogens with zero attached hydrogens (tertiary/aromatic N) is 1. The smallest absolute Gasteiger partial charge is 0.0544 e. The van der Waals surface area contributed by atoms with E-state index in [1.807, 2.05) is 11.3 Å². The molecule has 1 aromatic carbocycles. The van der Waals surface area contributed by atoms with Crippen LogP contribution in [-0.2, 0) is 0 Å². The van der Waals surface area contributed by atoms with Crippen LogP contribution < -0.4 is 5.32 Å². The third-order valence-electron chi connectivity index (χ3n) is 3.60. The average molecular weight is 258 g/mol. The quantitative estimate of drug-likeness (QED) is 0.851. The van der Waals surface area contributed by atoms with E-state index in [0.29, 0.717) is 6.04 Å². The maximum Gasteiger partial charge on any atom is 0.0544 e. The van der Waals surface area contributed by atoms with Crippen LogP contribution in [0, 0.1) is 0 Å². The van der Waals surface area contributed by atoms with E-state index in [2.05, 4.69) is 52.5 Å². The Morgan fingerprint density at radius 3 is 2.83 bits per heavy atom. The first-order chi connectivity index (χ1) is 8.90. The van der Waals surface area contributed by atoms with Gasteiger partial charge in [0.2, 0.25) is 0 Å². The lowest BCUT2D eigenvalue weighted by molar-refractivity contribution is 0.204. The van der Waals surface area contributed by atoms with Gasteiger partial charge in [-0.1, -0.05) is 24.3 Å². The summed E-state index contributed by atoms with van der Waals surface area (Å²) >= 11 is 1.83. The van der Waals surface area contributed by atoms with Gasteiger partial charge in [0.1, 0.15) is 0 Å². The molecule has 1 aliphatic heterocycles. The van der Waals surface area contributed by atoms with Crippen LogP contribution in [0.1, 0.15) is 11.6 Å². The molecular formula is C15H18N2S. The van der Waals surface area contributed by atoms with Gasteiger partial charge in [-0.05, 0) is 22.4 Å². The summed E-state index contributed by atoms with van der Waals surface area (Å²) < 4.78 is 1.37. The molecule has 0 saturated carbocycles. The SMILES string of the molecule is C=C[C@H](c1csc2ccccc12)N1CCNCC1. The van der Waals surface area contributed by atoms with Crippen molar-refractivity contribution in [2.45, 2.75) is 6.04 Å². The van der Waals surface area contributed by atoms with Gasteiger partial charge in [0.25, 0.3) is 0 Å². The molecule has 0 bridgehead atoms. The highest BCUT2D eigenvalue weighted by atomic mass is 32.1. The minimum Gasteiger partial charge on any atom is -0.314 e. The molecule has 0 spiro atoms. The van der Waals surface area contributed by atoms with Crippen LogP contribution in [0.4, 0.5) is 0 Å². The van der Waals surface area contributed by atoms with Crippen molar-refractivity contribution in [3.8, 4) is 0 Å². The van der Waals surface area contributed by atoms with Crippen molar-refractivity contribution in [2.75, 3.05) is 26.2 Å². The predicted molar refractivity (Wildman–Crippen MR) is 79.2 cm³/mol. The van der Waals surface area contributed by atoms with Crippen molar-refractivity contribution < 1.29 is 0 Å². The Balaban J connectivity index is 1.97. The molecule has 0 amide bonds. The second kappa shape index (κ2) is 5.22. The summed E-state index contributed by atoms with van der Waals surface area (Å²) in [5.41, 5.74) is 1.41. The highest BCUT2D eigenvalue weighted by Gasteiger charge is 2.21. The highest BCUT2D eigenvalue weighted by molar-refractivity contribution is 7.17. The molecule has 1 aromatic heterocycles. The molecule has 1 fully saturated rings. The zero-order chi connectivity index (χ0) is 12.4. The van der Waals surface area contributed by atoms with Gasteiger partial charge in [-0.15, -0.1) is 17.9 Å². The minimum absolute atomic E-state index is 0.350. The van der Waals surface area contributed by atoms with Crippen molar-refractivity contribution in [1.82, 2.24) is 10.2 Å². The maximum absolute atomic E-state index is 4.04. The molecular weight excluding hydrogens is 240 g/mol. The van der Waals surface area contributed by atoms with Crippen molar-refractivity contribution in [1.29, 1.82) is 0 Å². The number of rotatable bonds is 3. The van der Waals surface area contributed by atoms with Gasteiger partial charge in [-0.25, -0.2) is 0 Å². The summed E-state index contributed by atoms with van der Waals surface area (Å²) in [4.78, 5) is 2.51. The van der Waals surface area contributed by atoms with Crippen molar-refractivity contribution in [3.63, 3.8) is 0 Å². The van der Waals surface area contributed by atoms with Crippen LogP contribution in [-0.4, -0.2) is 31.1 Å². The van der Waals surface area contributed by atoms with Gasteiger partial charge >= 0.3 is 0 Å². The van der Waals surface area contributed by atoms with Gasteiger partial charge in [0, 0.05) is 30.9 Å². The normalized spacial score (nSPS) is 18.9. The number of piperazine rings is 1. The van der Waals surface area contributed by atoms with Crippen LogP contribution in [0.25, 0.3) is 10.1 Å². The number of hydrogen-bond donors (Lipinski definition) is 1. The summed E-state index contributed by atoms with van der Waals surface area (Å²) in [6.45, 7) is 8.39. The fourth-order valence-electron chi connectivity index (χ4n) is 2.66. The number of fused-ring (bicyclic) bond motifs is 1. The summed E-state index contributed by atoms with van der Waals surface area (Å²) in [5.74, 6) is 0. The molecule has 0 radical (unpaired) electrons. The average Bonchev–Trinajstić information content (AvgIpc) is 2.85. The highest BCUT2D eigenvalue weighted by Crippen LogP contribution is 2.33. The molecule has 1 atom stereocenters. The van der Waals surface area contributed by atoms with Crippen LogP contribution in [0.3, 0.4) is 0 Å². The number of benzene rings is 1. The summed E-state index contributed by atoms with van der Waals surface area (Å²) in [6.07, 6.45) is 2.08. The Bertz CT molecular complexity index is 540. The fourth-order valence-corrected chi connectivity index (χ4v) is 3.65. The minimum atomic E-state index is 0.350. The monoisotopic (exact) mass is 258 g/mol. The molecule has 3 heteroatoms. The Hall–Kier alpha value is -1.16. The van der Waals surface area contributed by atoms with E-state index >= 15 is 0 Å². The van der Waals surface area contributed by atoms with Gasteiger partial charge in [0.15, 0.2) is 0 Å². The lowest BCUT2D eigenvalue weighted by Crippen LogP contribution is -2.44. The van der Waals surface area contributed by atoms with Crippen molar-refractivity contribution >= 4 is 21.4 Å². The van der Waals surface area contributed by atoms with Crippen molar-refractivity contribution in [2.24, 2.45) is 0 Å². The first-order valence-electron chi connectivity index (χ1n) is 6.43. The molecule has 0 unspecified atom stereocenters. The van der Waals surface area contributed by atoms with Gasteiger partial charge < -0.3 is 5.32 Å².